The zero-order chi connectivity index (χ0) is 11.0. The summed E-state index contributed by atoms with van der Waals surface area (Å²) in [5.74, 6) is -0.0717. The van der Waals surface area contributed by atoms with Crippen molar-refractivity contribution < 1.29 is 9.90 Å². The van der Waals surface area contributed by atoms with Crippen LogP contribution in [0.5, 0.6) is 0 Å². The Kier molecular flexibility index (Phi) is 2.78. The van der Waals surface area contributed by atoms with Crippen molar-refractivity contribution >= 4 is 11.6 Å². The highest BCUT2D eigenvalue weighted by molar-refractivity contribution is 6.06. The lowest BCUT2D eigenvalue weighted by Gasteiger charge is -2.32. The summed E-state index contributed by atoms with van der Waals surface area (Å²) in [7, 11) is 0. The monoisotopic (exact) mass is 210 g/mol. The van der Waals surface area contributed by atoms with Crippen LogP contribution in [0.1, 0.15) is 39.5 Å². The molecule has 3 atom stereocenters. The number of hydrazone groups is 1. The topological polar surface area (TPSA) is 52.9 Å². The largest absolute Gasteiger partial charge is 0.391 e. The Hall–Kier alpha value is -0.900. The lowest BCUT2D eigenvalue weighted by molar-refractivity contribution is -0.137. The number of amides is 1. The van der Waals surface area contributed by atoms with Crippen LogP contribution < -0.4 is 0 Å². The Balaban J connectivity index is 2.14. The van der Waals surface area contributed by atoms with E-state index in [1.54, 1.807) is 0 Å². The predicted molar refractivity (Wildman–Crippen MR) is 57.4 cm³/mol. The molecule has 2 rings (SSSR count). The minimum atomic E-state index is -0.399. The molecule has 1 saturated carbocycles. The Bertz CT molecular complexity index is 301. The summed E-state index contributed by atoms with van der Waals surface area (Å²) in [5.41, 5.74) is 0.859. The summed E-state index contributed by atoms with van der Waals surface area (Å²) in [5, 5.41) is 15.6. The predicted octanol–water partition coefficient (Wildman–Crippen LogP) is 1.14. The van der Waals surface area contributed by atoms with E-state index in [0.717, 1.165) is 31.4 Å². The molecule has 1 aliphatic heterocycles. The van der Waals surface area contributed by atoms with E-state index in [1.807, 2.05) is 13.8 Å². The van der Waals surface area contributed by atoms with E-state index < -0.39 is 6.10 Å². The number of hydrogen-bond donors (Lipinski definition) is 1. The first-order valence-electron chi connectivity index (χ1n) is 5.67. The van der Waals surface area contributed by atoms with E-state index in [0.29, 0.717) is 0 Å². The molecule has 0 spiro atoms. The molecule has 1 fully saturated rings. The maximum absolute atomic E-state index is 11.9. The van der Waals surface area contributed by atoms with Crippen molar-refractivity contribution in [2.24, 2.45) is 11.0 Å². The van der Waals surface area contributed by atoms with Gasteiger partial charge in [-0.3, -0.25) is 4.79 Å². The highest BCUT2D eigenvalue weighted by Crippen LogP contribution is 2.27. The molecule has 1 amide bonds. The molecule has 0 saturated heterocycles. The van der Waals surface area contributed by atoms with E-state index in [-0.39, 0.29) is 17.9 Å². The fourth-order valence-electron chi connectivity index (χ4n) is 2.30. The third-order valence-electron chi connectivity index (χ3n) is 3.50. The maximum atomic E-state index is 11.9. The van der Waals surface area contributed by atoms with Gasteiger partial charge in [-0.15, -0.1) is 0 Å². The van der Waals surface area contributed by atoms with Gasteiger partial charge in [-0.1, -0.05) is 12.8 Å². The number of aliphatic hydroxyl groups excluding tert-OH is 1. The van der Waals surface area contributed by atoms with Crippen LogP contribution in [0, 0.1) is 5.92 Å². The van der Waals surface area contributed by atoms with E-state index in [2.05, 4.69) is 5.10 Å². The maximum Gasteiger partial charge on any atom is 0.251 e. The fourth-order valence-corrected chi connectivity index (χ4v) is 2.30. The molecule has 1 aliphatic carbocycles. The molecule has 2 aliphatic rings. The van der Waals surface area contributed by atoms with Crippen LogP contribution in [0.15, 0.2) is 5.10 Å². The first-order valence-corrected chi connectivity index (χ1v) is 5.67. The normalized spacial score (nSPS) is 37.0. The average Bonchev–Trinajstić information content (AvgIpc) is 2.47. The van der Waals surface area contributed by atoms with Gasteiger partial charge in [0, 0.05) is 5.71 Å². The summed E-state index contributed by atoms with van der Waals surface area (Å²) in [6, 6.07) is -0.0915. The van der Waals surface area contributed by atoms with E-state index >= 15 is 0 Å². The van der Waals surface area contributed by atoms with Gasteiger partial charge in [0.25, 0.3) is 5.91 Å². The van der Waals surface area contributed by atoms with Crippen molar-refractivity contribution in [1.29, 1.82) is 0 Å². The third kappa shape index (κ3) is 1.78. The quantitative estimate of drug-likeness (QED) is 0.705. The minimum absolute atomic E-state index is 0.0402. The van der Waals surface area contributed by atoms with Crippen LogP contribution in [0.4, 0.5) is 0 Å². The summed E-state index contributed by atoms with van der Waals surface area (Å²) in [6.07, 6.45) is 3.39. The van der Waals surface area contributed by atoms with Gasteiger partial charge in [-0.05, 0) is 26.7 Å². The molecule has 0 aromatic carbocycles. The van der Waals surface area contributed by atoms with Gasteiger partial charge in [0.15, 0.2) is 0 Å². The number of nitrogens with zero attached hydrogens (tertiary/aromatic N) is 2. The van der Waals surface area contributed by atoms with Crippen LogP contribution in [0.3, 0.4) is 0 Å². The number of carbonyl (C=O) groups excluding carboxylic acids is 1. The van der Waals surface area contributed by atoms with Gasteiger partial charge in [-0.2, -0.15) is 5.10 Å². The lowest BCUT2D eigenvalue weighted by Crippen LogP contribution is -2.44. The van der Waals surface area contributed by atoms with Crippen molar-refractivity contribution in [3.05, 3.63) is 0 Å². The van der Waals surface area contributed by atoms with E-state index in [9.17, 15) is 9.90 Å². The number of aliphatic hydroxyl groups is 1. The molecule has 1 heterocycles. The molecule has 1 N–H and O–H groups in total. The summed E-state index contributed by atoms with van der Waals surface area (Å²) >= 11 is 0. The number of rotatable bonds is 1. The first-order chi connectivity index (χ1) is 7.11. The second-order valence-electron chi connectivity index (χ2n) is 4.57. The zero-order valence-corrected chi connectivity index (χ0v) is 9.31. The van der Waals surface area contributed by atoms with Gasteiger partial charge in [0.1, 0.15) is 0 Å². The van der Waals surface area contributed by atoms with E-state index in [1.165, 1.54) is 5.01 Å². The molecular weight excluding hydrogens is 192 g/mol. The summed E-state index contributed by atoms with van der Waals surface area (Å²) in [4.78, 5) is 11.9. The minimum Gasteiger partial charge on any atom is -0.391 e. The van der Waals surface area contributed by atoms with Gasteiger partial charge < -0.3 is 5.11 Å². The molecular formula is C11H18N2O2. The Morgan fingerprint density at radius 2 is 2.07 bits per heavy atom. The second kappa shape index (κ2) is 3.93. The summed E-state index contributed by atoms with van der Waals surface area (Å²) in [6.45, 7) is 3.74. The highest BCUT2D eigenvalue weighted by Gasteiger charge is 2.38. The lowest BCUT2D eigenvalue weighted by atomic mass is 9.92. The van der Waals surface area contributed by atoms with Crippen LogP contribution in [-0.2, 0) is 4.79 Å². The third-order valence-corrected chi connectivity index (χ3v) is 3.50. The van der Waals surface area contributed by atoms with Gasteiger partial charge in [0.2, 0.25) is 0 Å². The zero-order valence-electron chi connectivity index (χ0n) is 9.31. The van der Waals surface area contributed by atoms with E-state index in [4.69, 9.17) is 0 Å². The van der Waals surface area contributed by atoms with Crippen molar-refractivity contribution in [3.8, 4) is 0 Å². The Morgan fingerprint density at radius 3 is 2.60 bits per heavy atom. The summed E-state index contributed by atoms with van der Waals surface area (Å²) < 4.78 is 0. The molecule has 4 nitrogen and oxygen atoms in total. The fraction of sp³-hybridized carbons (Fsp3) is 0.818. The molecule has 84 valence electrons. The van der Waals surface area contributed by atoms with Crippen molar-refractivity contribution in [1.82, 2.24) is 5.01 Å². The molecule has 15 heavy (non-hydrogen) atoms. The number of carbonyl (C=O) groups is 1. The Labute approximate surface area is 90.0 Å². The van der Waals surface area contributed by atoms with Crippen LogP contribution in [-0.4, -0.2) is 33.9 Å². The smallest absolute Gasteiger partial charge is 0.251 e. The molecule has 0 bridgehead atoms. The highest BCUT2D eigenvalue weighted by atomic mass is 16.3. The van der Waals surface area contributed by atoms with Crippen LogP contribution >= 0.6 is 0 Å². The second-order valence-corrected chi connectivity index (χ2v) is 4.57. The van der Waals surface area contributed by atoms with Gasteiger partial charge in [-0.25, -0.2) is 5.01 Å². The molecule has 3 unspecified atom stereocenters. The van der Waals surface area contributed by atoms with Crippen LogP contribution in [0.2, 0.25) is 0 Å². The Morgan fingerprint density at radius 1 is 1.40 bits per heavy atom. The van der Waals surface area contributed by atoms with Gasteiger partial charge >= 0.3 is 0 Å². The molecule has 4 heteroatoms. The standard InChI is InChI=1S/C11H18N2O2/c1-7-8(2)12-13(11(7)15)9-5-3-4-6-10(9)14/h7,9-10,14H,3-6H2,1-2H3. The van der Waals surface area contributed by atoms with Crippen molar-refractivity contribution in [3.63, 3.8) is 0 Å². The molecule has 0 aromatic heterocycles. The average molecular weight is 210 g/mol. The first kappa shape index (κ1) is 10.6. The SMILES string of the molecule is CC1=NN(C2CCCCC2O)C(=O)C1C. The van der Waals surface area contributed by atoms with Gasteiger partial charge in [0.05, 0.1) is 18.1 Å². The number of hydrogen-bond acceptors (Lipinski definition) is 3. The van der Waals surface area contributed by atoms with Crippen molar-refractivity contribution in [2.45, 2.75) is 51.7 Å². The van der Waals surface area contributed by atoms with Crippen molar-refractivity contribution in [2.75, 3.05) is 0 Å². The molecule has 0 aromatic rings. The molecule has 0 radical (unpaired) electrons. The van der Waals surface area contributed by atoms with Crippen LogP contribution in [0.25, 0.3) is 0 Å².